The Morgan fingerprint density at radius 1 is 1.10 bits per heavy atom. The number of methoxy groups -OCH3 is 3. The summed E-state index contributed by atoms with van der Waals surface area (Å²) >= 11 is 1.31. The fourth-order valence-corrected chi connectivity index (χ4v) is 4.30. The van der Waals surface area contributed by atoms with E-state index in [0.717, 1.165) is 10.2 Å². The molecule has 0 saturated heterocycles. The summed E-state index contributed by atoms with van der Waals surface area (Å²) in [4.78, 5) is 29.9. The first-order valence-electron chi connectivity index (χ1n) is 9.42. The van der Waals surface area contributed by atoms with Gasteiger partial charge in [-0.3, -0.25) is 4.79 Å². The summed E-state index contributed by atoms with van der Waals surface area (Å²) in [5, 5.41) is 0.652. The average molecular weight is 440 g/mol. The first-order chi connectivity index (χ1) is 15.0. The molecule has 2 heterocycles. The Labute approximate surface area is 180 Å². The number of thiazole rings is 1. The minimum atomic E-state index is -0.722. The van der Waals surface area contributed by atoms with Crippen LogP contribution in [0.15, 0.2) is 56.7 Å². The molecule has 0 unspecified atom stereocenters. The predicted octanol–water partition coefficient (Wildman–Crippen LogP) is 3.21. The fraction of sp³-hybridized carbons (Fsp3) is 0.227. The van der Waals surface area contributed by atoms with E-state index in [9.17, 15) is 9.59 Å². The van der Waals surface area contributed by atoms with E-state index in [1.165, 1.54) is 17.4 Å². The van der Waals surface area contributed by atoms with Crippen LogP contribution < -0.4 is 19.9 Å². The number of carbonyl (C=O) groups excluding carboxylic acids is 1. The molecule has 0 radical (unpaired) electrons. The van der Waals surface area contributed by atoms with Crippen molar-refractivity contribution in [3.8, 4) is 11.5 Å². The number of fused-ring (bicyclic) bond motifs is 2. The molecule has 0 N–H and O–H groups in total. The summed E-state index contributed by atoms with van der Waals surface area (Å²) in [5.41, 5.74) is 0.391. The van der Waals surface area contributed by atoms with Gasteiger partial charge in [0.25, 0.3) is 5.91 Å². The molecule has 9 heteroatoms. The van der Waals surface area contributed by atoms with Crippen molar-refractivity contribution in [3.05, 3.63) is 63.2 Å². The number of amides is 1. The maximum atomic E-state index is 12.9. The van der Waals surface area contributed by atoms with Crippen molar-refractivity contribution in [2.75, 3.05) is 27.9 Å². The molecule has 31 heavy (non-hydrogen) atoms. The number of carbonyl (C=O) groups is 1. The van der Waals surface area contributed by atoms with Gasteiger partial charge in [-0.25, -0.2) is 4.79 Å². The van der Waals surface area contributed by atoms with E-state index in [0.29, 0.717) is 40.4 Å². The maximum Gasteiger partial charge on any atom is 0.349 e. The molecule has 1 amide bonds. The first-order valence-corrected chi connectivity index (χ1v) is 10.2. The zero-order chi connectivity index (χ0) is 22.0. The molecular weight excluding hydrogens is 420 g/mol. The quantitative estimate of drug-likeness (QED) is 0.428. The Morgan fingerprint density at radius 2 is 1.84 bits per heavy atom. The van der Waals surface area contributed by atoms with Gasteiger partial charge >= 0.3 is 5.63 Å². The topological polar surface area (TPSA) is 92.3 Å². The van der Waals surface area contributed by atoms with E-state index in [4.69, 9.17) is 18.6 Å². The van der Waals surface area contributed by atoms with Crippen LogP contribution in [0.2, 0.25) is 0 Å². The molecule has 0 atom stereocenters. The molecule has 2 aromatic heterocycles. The van der Waals surface area contributed by atoms with Gasteiger partial charge in [-0.1, -0.05) is 29.5 Å². The summed E-state index contributed by atoms with van der Waals surface area (Å²) in [7, 11) is 4.72. The number of hydrogen-bond acceptors (Lipinski definition) is 7. The van der Waals surface area contributed by atoms with Gasteiger partial charge in [0.15, 0.2) is 16.3 Å². The fourth-order valence-electron chi connectivity index (χ4n) is 3.24. The Balaban J connectivity index is 1.88. The third-order valence-corrected chi connectivity index (χ3v) is 5.82. The van der Waals surface area contributed by atoms with Crippen LogP contribution in [0.1, 0.15) is 10.4 Å². The molecule has 0 saturated carbocycles. The van der Waals surface area contributed by atoms with Crippen LogP contribution in [-0.4, -0.2) is 38.4 Å². The summed E-state index contributed by atoms with van der Waals surface area (Å²) in [6.07, 6.45) is 0. The van der Waals surface area contributed by atoms with Gasteiger partial charge in [0.05, 0.1) is 31.0 Å². The van der Waals surface area contributed by atoms with Crippen molar-refractivity contribution in [1.82, 2.24) is 4.57 Å². The number of para-hydroxylation sites is 1. The van der Waals surface area contributed by atoms with Crippen molar-refractivity contribution in [2.45, 2.75) is 6.54 Å². The molecule has 8 nitrogen and oxygen atoms in total. The van der Waals surface area contributed by atoms with Crippen LogP contribution in [0, 0.1) is 0 Å². The lowest BCUT2D eigenvalue weighted by Gasteiger charge is -2.09. The van der Waals surface area contributed by atoms with Crippen LogP contribution in [0.5, 0.6) is 11.5 Å². The third-order valence-electron chi connectivity index (χ3n) is 4.78. The van der Waals surface area contributed by atoms with Gasteiger partial charge in [-0.05, 0) is 12.1 Å². The maximum absolute atomic E-state index is 12.9. The van der Waals surface area contributed by atoms with Gasteiger partial charge in [0.2, 0.25) is 0 Å². The van der Waals surface area contributed by atoms with Crippen LogP contribution in [0.25, 0.3) is 21.2 Å². The molecule has 0 aliphatic rings. The predicted molar refractivity (Wildman–Crippen MR) is 117 cm³/mol. The van der Waals surface area contributed by atoms with Crippen molar-refractivity contribution in [3.63, 3.8) is 0 Å². The van der Waals surface area contributed by atoms with Crippen molar-refractivity contribution < 1.29 is 23.4 Å². The molecule has 2 aromatic carbocycles. The normalized spacial score (nSPS) is 11.9. The number of aromatic nitrogens is 1. The highest BCUT2D eigenvalue weighted by atomic mass is 32.1. The first kappa shape index (κ1) is 20.8. The SMILES string of the molecule is COCCn1c(=NC(=O)c2cc3ccccc3oc2=O)sc2cc(OC)c(OC)cc21. The zero-order valence-corrected chi connectivity index (χ0v) is 18.0. The van der Waals surface area contributed by atoms with Crippen molar-refractivity contribution in [2.24, 2.45) is 4.99 Å². The van der Waals surface area contributed by atoms with E-state index in [1.807, 2.05) is 16.7 Å². The molecule has 0 aliphatic carbocycles. The van der Waals surface area contributed by atoms with Gasteiger partial charge in [0.1, 0.15) is 11.1 Å². The van der Waals surface area contributed by atoms with Crippen LogP contribution in [-0.2, 0) is 11.3 Å². The molecule has 0 spiro atoms. The van der Waals surface area contributed by atoms with E-state index in [-0.39, 0.29) is 5.56 Å². The summed E-state index contributed by atoms with van der Waals surface area (Å²) < 4.78 is 24.0. The summed E-state index contributed by atoms with van der Waals surface area (Å²) in [5.74, 6) is 0.464. The lowest BCUT2D eigenvalue weighted by Crippen LogP contribution is -2.21. The van der Waals surface area contributed by atoms with Gasteiger partial charge < -0.3 is 23.2 Å². The monoisotopic (exact) mass is 440 g/mol. The summed E-state index contributed by atoms with van der Waals surface area (Å²) in [6.45, 7) is 0.879. The van der Waals surface area contributed by atoms with Crippen LogP contribution >= 0.6 is 11.3 Å². The Morgan fingerprint density at radius 3 is 2.58 bits per heavy atom. The van der Waals surface area contributed by atoms with Gasteiger partial charge in [0, 0.05) is 31.2 Å². The Bertz CT molecular complexity index is 1400. The van der Waals surface area contributed by atoms with E-state index >= 15 is 0 Å². The molecule has 0 aliphatic heterocycles. The number of rotatable bonds is 6. The second kappa shape index (κ2) is 8.75. The lowest BCUT2D eigenvalue weighted by molar-refractivity contribution is 0.0994. The largest absolute Gasteiger partial charge is 0.493 e. The highest BCUT2D eigenvalue weighted by Crippen LogP contribution is 2.33. The summed E-state index contributed by atoms with van der Waals surface area (Å²) in [6, 6.07) is 12.2. The standard InChI is InChI=1S/C22H20N2O6S/c1-27-9-8-24-15-11-17(28-2)18(29-3)12-19(15)31-22(24)23-20(25)14-10-13-6-4-5-7-16(13)30-21(14)26/h4-7,10-12H,8-9H2,1-3H3. The number of nitrogens with zero attached hydrogens (tertiary/aromatic N) is 2. The highest BCUT2D eigenvalue weighted by Gasteiger charge is 2.16. The molecule has 4 rings (SSSR count). The van der Waals surface area contributed by atoms with E-state index < -0.39 is 11.5 Å². The Kier molecular flexibility index (Phi) is 5.88. The lowest BCUT2D eigenvalue weighted by atomic mass is 10.2. The smallest absolute Gasteiger partial charge is 0.349 e. The third kappa shape index (κ3) is 3.97. The highest BCUT2D eigenvalue weighted by molar-refractivity contribution is 7.16. The number of ether oxygens (including phenoxy) is 3. The number of benzene rings is 2. The van der Waals surface area contributed by atoms with Crippen molar-refractivity contribution >= 4 is 38.4 Å². The molecule has 0 fully saturated rings. The van der Waals surface area contributed by atoms with E-state index in [1.54, 1.807) is 45.6 Å². The van der Waals surface area contributed by atoms with Gasteiger partial charge in [-0.15, -0.1) is 0 Å². The minimum Gasteiger partial charge on any atom is -0.493 e. The second-order valence-electron chi connectivity index (χ2n) is 6.61. The molecule has 160 valence electrons. The average Bonchev–Trinajstić information content (AvgIpc) is 3.11. The molecule has 4 aromatic rings. The van der Waals surface area contributed by atoms with Crippen molar-refractivity contribution in [1.29, 1.82) is 0 Å². The van der Waals surface area contributed by atoms with E-state index in [2.05, 4.69) is 4.99 Å². The van der Waals surface area contributed by atoms with Gasteiger partial charge in [-0.2, -0.15) is 4.99 Å². The molecule has 0 bridgehead atoms. The molecular formula is C22H20N2O6S. The van der Waals surface area contributed by atoms with Crippen LogP contribution in [0.4, 0.5) is 0 Å². The number of hydrogen-bond donors (Lipinski definition) is 0. The minimum absolute atomic E-state index is 0.121. The Hall–Kier alpha value is -3.43. The second-order valence-corrected chi connectivity index (χ2v) is 7.62. The van der Waals surface area contributed by atoms with Crippen LogP contribution in [0.3, 0.4) is 0 Å². The zero-order valence-electron chi connectivity index (χ0n) is 17.2.